The summed E-state index contributed by atoms with van der Waals surface area (Å²) in [5, 5.41) is 0. The van der Waals surface area contributed by atoms with Crippen LogP contribution in [0.4, 0.5) is 14.5 Å². The number of nitrogens with two attached hydrogens (primary N) is 1. The molecule has 0 bridgehead atoms. The highest BCUT2D eigenvalue weighted by Gasteiger charge is 2.39. The van der Waals surface area contributed by atoms with E-state index in [0.29, 0.717) is 0 Å². The van der Waals surface area contributed by atoms with Crippen molar-refractivity contribution in [1.82, 2.24) is 0 Å². The van der Waals surface area contributed by atoms with E-state index in [1.807, 2.05) is 0 Å². The number of benzene rings is 2. The summed E-state index contributed by atoms with van der Waals surface area (Å²) in [5.74, 6) is -3.27. The lowest BCUT2D eigenvalue weighted by atomic mass is 10.2. The first-order valence-electron chi connectivity index (χ1n) is 6.84. The molecule has 24 heavy (non-hydrogen) atoms. The van der Waals surface area contributed by atoms with Crippen molar-refractivity contribution in [3.63, 3.8) is 0 Å². The Morgan fingerprint density at radius 2 is 1.75 bits per heavy atom. The number of amides is 1. The Morgan fingerprint density at radius 1 is 1.12 bits per heavy atom. The number of hydrogen-bond acceptors (Lipinski definition) is 4. The fourth-order valence-electron chi connectivity index (χ4n) is 2.42. The number of nitrogens with zero attached hydrogens (tertiary/aromatic N) is 1. The molecule has 1 heterocycles. The number of ether oxygens (including phenoxy) is 1. The molecule has 0 fully saturated rings. The lowest BCUT2D eigenvalue weighted by molar-refractivity contribution is -0.124. The molecule has 2 aromatic carbocycles. The SMILES string of the molecule is NC(=O)[C@H]1CN(S(=O)(=O)c2c(F)cccc2F)c2ccccc2O1. The van der Waals surface area contributed by atoms with Crippen LogP contribution in [0, 0.1) is 11.6 Å². The van der Waals surface area contributed by atoms with Crippen molar-refractivity contribution in [3.8, 4) is 5.75 Å². The molecule has 9 heteroatoms. The Kier molecular flexibility index (Phi) is 3.88. The molecular formula is C15H12F2N2O4S. The van der Waals surface area contributed by atoms with Crippen molar-refractivity contribution in [2.75, 3.05) is 10.8 Å². The lowest BCUT2D eigenvalue weighted by Crippen LogP contribution is -2.49. The Labute approximate surface area is 136 Å². The number of para-hydroxylation sites is 2. The largest absolute Gasteiger partial charge is 0.476 e. The first-order chi connectivity index (χ1) is 11.3. The molecule has 0 aliphatic carbocycles. The van der Waals surface area contributed by atoms with E-state index in [4.69, 9.17) is 10.5 Å². The van der Waals surface area contributed by atoms with Gasteiger partial charge in [-0.3, -0.25) is 9.10 Å². The third-order valence-electron chi connectivity index (χ3n) is 3.52. The highest BCUT2D eigenvalue weighted by atomic mass is 32.2. The topological polar surface area (TPSA) is 89.7 Å². The summed E-state index contributed by atoms with van der Waals surface area (Å²) in [6.07, 6.45) is -1.27. The quantitative estimate of drug-likeness (QED) is 0.902. The second kappa shape index (κ2) is 5.75. The highest BCUT2D eigenvalue weighted by molar-refractivity contribution is 7.92. The van der Waals surface area contributed by atoms with Gasteiger partial charge in [0.1, 0.15) is 17.4 Å². The summed E-state index contributed by atoms with van der Waals surface area (Å²) >= 11 is 0. The van der Waals surface area contributed by atoms with Gasteiger partial charge in [0.2, 0.25) is 0 Å². The van der Waals surface area contributed by atoms with Gasteiger partial charge >= 0.3 is 0 Å². The number of rotatable bonds is 3. The first kappa shape index (κ1) is 16.2. The van der Waals surface area contributed by atoms with Crippen LogP contribution in [-0.2, 0) is 14.8 Å². The molecule has 1 aliphatic rings. The van der Waals surface area contributed by atoms with Gasteiger partial charge in [-0.15, -0.1) is 0 Å². The summed E-state index contributed by atoms with van der Waals surface area (Å²) in [6, 6.07) is 8.68. The van der Waals surface area contributed by atoms with Crippen LogP contribution in [0.15, 0.2) is 47.4 Å². The molecule has 0 spiro atoms. The van der Waals surface area contributed by atoms with Crippen LogP contribution in [0.25, 0.3) is 0 Å². The van der Waals surface area contributed by atoms with Gasteiger partial charge in [0.05, 0.1) is 12.2 Å². The minimum absolute atomic E-state index is 0.0673. The predicted octanol–water partition coefficient (Wildman–Crippen LogP) is 1.41. The maximum Gasteiger partial charge on any atom is 0.270 e. The van der Waals surface area contributed by atoms with E-state index < -0.39 is 45.1 Å². The fraction of sp³-hybridized carbons (Fsp3) is 0.133. The molecule has 1 atom stereocenters. The van der Waals surface area contributed by atoms with Crippen molar-refractivity contribution in [3.05, 3.63) is 54.1 Å². The molecule has 0 saturated heterocycles. The molecule has 2 aromatic rings. The van der Waals surface area contributed by atoms with Crippen LogP contribution in [0.3, 0.4) is 0 Å². The molecule has 1 aliphatic heterocycles. The van der Waals surface area contributed by atoms with E-state index >= 15 is 0 Å². The molecule has 0 aromatic heterocycles. The Morgan fingerprint density at radius 3 is 2.38 bits per heavy atom. The standard InChI is InChI=1S/C15H12F2N2O4S/c16-9-4-3-5-10(17)14(9)24(21,22)19-8-13(15(18)20)23-12-7-2-1-6-11(12)19/h1-7,13H,8H2,(H2,18,20)/t13-/m1/s1. The van der Waals surface area contributed by atoms with Gasteiger partial charge in [-0.2, -0.15) is 0 Å². The van der Waals surface area contributed by atoms with Crippen LogP contribution in [-0.4, -0.2) is 27.0 Å². The average molecular weight is 354 g/mol. The fourth-order valence-corrected chi connectivity index (χ4v) is 4.01. The van der Waals surface area contributed by atoms with Crippen LogP contribution >= 0.6 is 0 Å². The Balaban J connectivity index is 2.18. The molecule has 1 amide bonds. The Hall–Kier alpha value is -2.68. The van der Waals surface area contributed by atoms with Gasteiger partial charge in [0, 0.05) is 0 Å². The normalized spacial score (nSPS) is 17.1. The number of carbonyl (C=O) groups is 1. The average Bonchev–Trinajstić information content (AvgIpc) is 2.53. The third kappa shape index (κ3) is 2.56. The number of hydrogen-bond donors (Lipinski definition) is 1. The minimum atomic E-state index is -4.61. The smallest absolute Gasteiger partial charge is 0.270 e. The molecule has 6 nitrogen and oxygen atoms in total. The van der Waals surface area contributed by atoms with E-state index in [1.54, 1.807) is 6.07 Å². The summed E-state index contributed by atoms with van der Waals surface area (Å²) in [7, 11) is -4.61. The van der Waals surface area contributed by atoms with Crippen molar-refractivity contribution in [2.45, 2.75) is 11.0 Å². The molecule has 0 unspecified atom stereocenters. The summed E-state index contributed by atoms with van der Waals surface area (Å²) < 4.78 is 59.6. The van der Waals surface area contributed by atoms with Gasteiger partial charge in [-0.25, -0.2) is 17.2 Å². The zero-order valence-corrected chi connectivity index (χ0v) is 13.0. The number of sulfonamides is 1. The highest BCUT2D eigenvalue weighted by Crippen LogP contribution is 2.37. The molecule has 3 rings (SSSR count). The Bertz CT molecular complexity index is 897. The number of fused-ring (bicyclic) bond motifs is 1. The van der Waals surface area contributed by atoms with Crippen molar-refractivity contribution >= 4 is 21.6 Å². The van der Waals surface area contributed by atoms with Gasteiger partial charge in [0.25, 0.3) is 15.9 Å². The number of halogens is 2. The third-order valence-corrected chi connectivity index (χ3v) is 5.35. The molecule has 2 N–H and O–H groups in total. The lowest BCUT2D eigenvalue weighted by Gasteiger charge is -2.34. The zero-order valence-electron chi connectivity index (χ0n) is 12.1. The second-order valence-electron chi connectivity index (χ2n) is 5.06. The van der Waals surface area contributed by atoms with Crippen molar-refractivity contribution in [1.29, 1.82) is 0 Å². The maximum absolute atomic E-state index is 14.0. The van der Waals surface area contributed by atoms with Gasteiger partial charge in [-0.05, 0) is 24.3 Å². The summed E-state index contributed by atoms with van der Waals surface area (Å²) in [4.78, 5) is 10.3. The first-order valence-corrected chi connectivity index (χ1v) is 8.28. The van der Waals surface area contributed by atoms with E-state index in [1.165, 1.54) is 18.2 Å². The van der Waals surface area contributed by atoms with Crippen molar-refractivity contribution < 1.29 is 26.7 Å². The number of anilines is 1. The molecule has 0 radical (unpaired) electrons. The molecule has 0 saturated carbocycles. The monoisotopic (exact) mass is 354 g/mol. The van der Waals surface area contributed by atoms with Crippen LogP contribution in [0.2, 0.25) is 0 Å². The zero-order chi connectivity index (χ0) is 17.5. The summed E-state index contributed by atoms with van der Waals surface area (Å²) in [5.41, 5.74) is 5.26. The van der Waals surface area contributed by atoms with E-state index in [-0.39, 0.29) is 11.4 Å². The number of primary amides is 1. The van der Waals surface area contributed by atoms with Gasteiger partial charge in [-0.1, -0.05) is 18.2 Å². The minimum Gasteiger partial charge on any atom is -0.476 e. The summed E-state index contributed by atoms with van der Waals surface area (Å²) in [6.45, 7) is -0.484. The van der Waals surface area contributed by atoms with E-state index in [9.17, 15) is 22.0 Å². The van der Waals surface area contributed by atoms with Gasteiger partial charge in [0.15, 0.2) is 11.0 Å². The van der Waals surface area contributed by atoms with Crippen LogP contribution < -0.4 is 14.8 Å². The number of carbonyl (C=O) groups excluding carboxylic acids is 1. The van der Waals surface area contributed by atoms with E-state index in [0.717, 1.165) is 22.5 Å². The van der Waals surface area contributed by atoms with E-state index in [2.05, 4.69) is 0 Å². The van der Waals surface area contributed by atoms with Crippen LogP contribution in [0.1, 0.15) is 0 Å². The van der Waals surface area contributed by atoms with Crippen LogP contribution in [0.5, 0.6) is 5.75 Å². The maximum atomic E-state index is 14.0. The second-order valence-corrected chi connectivity index (χ2v) is 6.86. The molecular weight excluding hydrogens is 342 g/mol. The predicted molar refractivity (Wildman–Crippen MR) is 80.9 cm³/mol. The molecule has 126 valence electrons. The van der Waals surface area contributed by atoms with Gasteiger partial charge < -0.3 is 10.5 Å². The van der Waals surface area contributed by atoms with Crippen molar-refractivity contribution in [2.24, 2.45) is 5.73 Å².